The number of carbonyl (C=O) groups is 1. The molecule has 0 amide bonds. The van der Waals surface area contributed by atoms with Crippen molar-refractivity contribution >= 4 is 32.7 Å². The summed E-state index contributed by atoms with van der Waals surface area (Å²) < 4.78 is 33.5. The molecule has 0 aliphatic rings. The smallest absolute Gasteiger partial charge is 0.382 e. The zero-order valence-electron chi connectivity index (χ0n) is 18.2. The Hall–Kier alpha value is -3.96. The lowest BCUT2D eigenvalue weighted by Gasteiger charge is -2.22. The van der Waals surface area contributed by atoms with Gasteiger partial charge in [-0.3, -0.25) is 0 Å². The average molecular weight is 479 g/mol. The molecule has 0 saturated carbocycles. The second-order valence-corrected chi connectivity index (χ2v) is 8.48. The van der Waals surface area contributed by atoms with Crippen molar-refractivity contribution in [3.8, 4) is 17.6 Å². The van der Waals surface area contributed by atoms with Crippen LogP contribution in [0.25, 0.3) is 10.2 Å². The van der Waals surface area contributed by atoms with Gasteiger partial charge in [-0.25, -0.2) is 18.6 Å². The van der Waals surface area contributed by atoms with E-state index in [-0.39, 0.29) is 5.52 Å². The molecule has 1 N–H and O–H groups in total. The molecular weight excluding hydrogens is 458 g/mol. The lowest BCUT2D eigenvalue weighted by atomic mass is 10.1. The molecule has 4 aromatic rings. The van der Waals surface area contributed by atoms with Crippen molar-refractivity contribution in [1.29, 1.82) is 0 Å². The minimum absolute atomic E-state index is 0.284. The van der Waals surface area contributed by atoms with E-state index in [9.17, 15) is 13.6 Å². The SMILES string of the molecule is COc1ccc(CCN(Cc2ccc(C#CC(=O)O)cc2)c2nc3cc(F)cc(F)c3s2)cc1. The number of hydrogen-bond donors (Lipinski definition) is 1. The van der Waals surface area contributed by atoms with Crippen LogP contribution in [0.4, 0.5) is 13.9 Å². The molecule has 0 aliphatic carbocycles. The van der Waals surface area contributed by atoms with Gasteiger partial charge in [0.05, 0.1) is 17.3 Å². The molecule has 1 aromatic heterocycles. The highest BCUT2D eigenvalue weighted by Crippen LogP contribution is 2.32. The molecule has 0 bridgehead atoms. The average Bonchev–Trinajstić information content (AvgIpc) is 3.26. The van der Waals surface area contributed by atoms with Crippen LogP contribution in [0, 0.1) is 23.5 Å². The Balaban J connectivity index is 1.60. The van der Waals surface area contributed by atoms with Crippen LogP contribution in [0.2, 0.25) is 0 Å². The van der Waals surface area contributed by atoms with Gasteiger partial charge in [-0.15, -0.1) is 0 Å². The fourth-order valence-electron chi connectivity index (χ4n) is 3.42. The summed E-state index contributed by atoms with van der Waals surface area (Å²) in [4.78, 5) is 17.2. The quantitative estimate of drug-likeness (QED) is 0.367. The summed E-state index contributed by atoms with van der Waals surface area (Å²) >= 11 is 1.18. The maximum Gasteiger partial charge on any atom is 0.382 e. The van der Waals surface area contributed by atoms with E-state index in [1.165, 1.54) is 17.4 Å². The van der Waals surface area contributed by atoms with Crippen LogP contribution >= 0.6 is 11.3 Å². The van der Waals surface area contributed by atoms with Gasteiger partial charge in [0.15, 0.2) is 5.13 Å². The van der Waals surface area contributed by atoms with E-state index in [0.29, 0.717) is 34.9 Å². The maximum atomic E-state index is 14.3. The van der Waals surface area contributed by atoms with Crippen LogP contribution in [0.3, 0.4) is 0 Å². The lowest BCUT2D eigenvalue weighted by molar-refractivity contribution is -0.130. The molecule has 34 heavy (non-hydrogen) atoms. The molecule has 0 radical (unpaired) electrons. The van der Waals surface area contributed by atoms with Crippen molar-refractivity contribution in [2.45, 2.75) is 13.0 Å². The van der Waals surface area contributed by atoms with Gasteiger partial charge in [0.1, 0.15) is 17.4 Å². The Kier molecular flexibility index (Phi) is 7.04. The number of thiazole rings is 1. The third-order valence-electron chi connectivity index (χ3n) is 5.14. The van der Waals surface area contributed by atoms with Crippen LogP contribution in [0.5, 0.6) is 5.75 Å². The van der Waals surface area contributed by atoms with Gasteiger partial charge >= 0.3 is 5.97 Å². The number of aliphatic carboxylic acids is 1. The number of anilines is 1. The van der Waals surface area contributed by atoms with Gasteiger partial charge in [-0.2, -0.15) is 0 Å². The summed E-state index contributed by atoms with van der Waals surface area (Å²) in [6.07, 6.45) is 0.707. The summed E-state index contributed by atoms with van der Waals surface area (Å²) in [5.41, 5.74) is 2.92. The largest absolute Gasteiger partial charge is 0.497 e. The van der Waals surface area contributed by atoms with Crippen LogP contribution in [-0.2, 0) is 17.8 Å². The van der Waals surface area contributed by atoms with Crippen molar-refractivity contribution in [3.63, 3.8) is 0 Å². The van der Waals surface area contributed by atoms with Gasteiger partial charge in [-0.1, -0.05) is 41.5 Å². The monoisotopic (exact) mass is 478 g/mol. The summed E-state index contributed by atoms with van der Waals surface area (Å²) in [7, 11) is 1.62. The van der Waals surface area contributed by atoms with Gasteiger partial charge < -0.3 is 14.7 Å². The highest BCUT2D eigenvalue weighted by Gasteiger charge is 2.16. The number of carboxylic acids is 1. The van der Waals surface area contributed by atoms with Crippen LogP contribution in [0.1, 0.15) is 16.7 Å². The number of halogens is 2. The molecule has 8 heteroatoms. The molecule has 172 valence electrons. The molecule has 0 atom stereocenters. The van der Waals surface area contributed by atoms with Gasteiger partial charge in [-0.05, 0) is 41.8 Å². The van der Waals surface area contributed by atoms with E-state index in [1.54, 1.807) is 19.2 Å². The number of benzene rings is 3. The third kappa shape index (κ3) is 5.69. The number of fused-ring (bicyclic) bond motifs is 1. The fraction of sp³-hybridized carbons (Fsp3) is 0.154. The third-order valence-corrected chi connectivity index (χ3v) is 6.28. The number of rotatable bonds is 7. The Labute approximate surface area is 199 Å². The Morgan fingerprint density at radius 3 is 2.47 bits per heavy atom. The number of ether oxygens (including phenoxy) is 1. The van der Waals surface area contributed by atoms with Gasteiger partial charge in [0.25, 0.3) is 0 Å². The zero-order valence-corrected chi connectivity index (χ0v) is 19.0. The first-order chi connectivity index (χ1) is 16.4. The molecule has 0 spiro atoms. The van der Waals surface area contributed by atoms with E-state index < -0.39 is 17.6 Å². The Bertz CT molecular complexity index is 1370. The number of hydrogen-bond acceptors (Lipinski definition) is 5. The van der Waals surface area contributed by atoms with Gasteiger partial charge in [0, 0.05) is 36.7 Å². The molecule has 1 heterocycles. The van der Waals surface area contributed by atoms with E-state index in [4.69, 9.17) is 9.84 Å². The first-order valence-electron chi connectivity index (χ1n) is 10.4. The zero-order chi connectivity index (χ0) is 24.1. The number of carboxylic acid groups (broad SMARTS) is 1. The Morgan fingerprint density at radius 1 is 1.09 bits per heavy atom. The number of nitrogens with zero attached hydrogens (tertiary/aromatic N) is 2. The predicted octanol–water partition coefficient (Wildman–Crippen LogP) is 5.27. The molecular formula is C26H20F2N2O3S. The molecule has 0 saturated heterocycles. The van der Waals surface area contributed by atoms with Crippen LogP contribution in [0.15, 0.2) is 60.7 Å². The highest BCUT2D eigenvalue weighted by molar-refractivity contribution is 7.22. The van der Waals surface area contributed by atoms with Crippen molar-refractivity contribution < 1.29 is 23.4 Å². The molecule has 0 unspecified atom stereocenters. The molecule has 4 rings (SSSR count). The summed E-state index contributed by atoms with van der Waals surface area (Å²) in [5, 5.41) is 9.30. The molecule has 3 aromatic carbocycles. The second-order valence-electron chi connectivity index (χ2n) is 7.50. The van der Waals surface area contributed by atoms with Crippen molar-refractivity contribution in [3.05, 3.63) is 89.0 Å². The summed E-state index contributed by atoms with van der Waals surface area (Å²) in [5.74, 6) is 2.97. The van der Waals surface area contributed by atoms with E-state index in [1.807, 2.05) is 41.3 Å². The molecule has 0 fully saturated rings. The van der Waals surface area contributed by atoms with Crippen molar-refractivity contribution in [1.82, 2.24) is 4.98 Å². The van der Waals surface area contributed by atoms with Crippen molar-refractivity contribution in [2.75, 3.05) is 18.6 Å². The molecule has 5 nitrogen and oxygen atoms in total. The first-order valence-corrected chi connectivity index (χ1v) is 11.2. The van der Waals surface area contributed by atoms with E-state index in [2.05, 4.69) is 16.8 Å². The second kappa shape index (κ2) is 10.3. The molecule has 0 aliphatic heterocycles. The predicted molar refractivity (Wildman–Crippen MR) is 128 cm³/mol. The van der Waals surface area contributed by atoms with Gasteiger partial charge in [0.2, 0.25) is 0 Å². The Morgan fingerprint density at radius 2 is 1.79 bits per heavy atom. The normalized spacial score (nSPS) is 10.6. The number of methoxy groups -OCH3 is 1. The number of aromatic nitrogens is 1. The standard InChI is InChI=1S/C26H20F2N2O3S/c1-33-21-9-6-18(7-10-21)12-13-30(16-19-4-2-17(3-5-19)8-11-24(31)32)26-29-23-15-20(27)14-22(28)25(23)34-26/h2-7,9-10,14-15H,12-13,16H2,1H3,(H,31,32). The minimum Gasteiger partial charge on any atom is -0.497 e. The lowest BCUT2D eigenvalue weighted by Crippen LogP contribution is -2.25. The van der Waals surface area contributed by atoms with E-state index >= 15 is 0 Å². The maximum absolute atomic E-state index is 14.3. The van der Waals surface area contributed by atoms with Crippen LogP contribution in [-0.4, -0.2) is 29.7 Å². The first kappa shape index (κ1) is 23.2. The van der Waals surface area contributed by atoms with Crippen LogP contribution < -0.4 is 9.64 Å². The van der Waals surface area contributed by atoms with E-state index in [0.717, 1.165) is 22.9 Å². The summed E-state index contributed by atoms with van der Waals surface area (Å²) in [6, 6.07) is 17.1. The summed E-state index contributed by atoms with van der Waals surface area (Å²) in [6.45, 7) is 1.07. The highest BCUT2D eigenvalue weighted by atomic mass is 32.1. The fourth-order valence-corrected chi connectivity index (χ4v) is 4.40. The topological polar surface area (TPSA) is 62.7 Å². The minimum atomic E-state index is -1.19. The van der Waals surface area contributed by atoms with Crippen molar-refractivity contribution in [2.24, 2.45) is 0 Å².